The first-order chi connectivity index (χ1) is 6.13. The first-order valence-corrected chi connectivity index (χ1v) is 3.69. The molecule has 1 atom stereocenters. The normalized spacial score (nSPS) is 20.7. The molecule has 13 heavy (non-hydrogen) atoms. The fourth-order valence-electron chi connectivity index (χ4n) is 0.785. The van der Waals surface area contributed by atoms with Crippen molar-refractivity contribution in [3.8, 4) is 0 Å². The Morgan fingerprint density at radius 1 is 1.69 bits per heavy atom. The summed E-state index contributed by atoms with van der Waals surface area (Å²) >= 11 is 0. The van der Waals surface area contributed by atoms with E-state index in [1.54, 1.807) is 6.92 Å². The van der Waals surface area contributed by atoms with Crippen LogP contribution in [0.25, 0.3) is 0 Å². The maximum atomic E-state index is 10.6. The van der Waals surface area contributed by atoms with Crippen molar-refractivity contribution in [2.24, 2.45) is 0 Å². The van der Waals surface area contributed by atoms with Gasteiger partial charge >= 0.3 is 12.6 Å². The Kier molecular flexibility index (Phi) is 2.97. The first kappa shape index (κ1) is 9.66. The van der Waals surface area contributed by atoms with Gasteiger partial charge in [0.15, 0.2) is 12.4 Å². The third-order valence-electron chi connectivity index (χ3n) is 1.45. The number of aliphatic hydroxyl groups is 1. The van der Waals surface area contributed by atoms with Crippen LogP contribution >= 0.6 is 0 Å². The number of rotatable bonds is 2. The lowest BCUT2D eigenvalue weighted by molar-refractivity contribution is -0.194. The number of hydrogen-bond donors (Lipinski definition) is 2. The number of ether oxygens (including phenoxy) is 3. The summed E-state index contributed by atoms with van der Waals surface area (Å²) in [6.07, 6.45) is -0.565. The molecule has 0 bridgehead atoms. The van der Waals surface area contributed by atoms with Crippen LogP contribution in [0.2, 0.25) is 0 Å². The summed E-state index contributed by atoms with van der Waals surface area (Å²) < 4.78 is 14.2. The Morgan fingerprint density at radius 2 is 2.38 bits per heavy atom. The summed E-state index contributed by atoms with van der Waals surface area (Å²) in [6, 6.07) is 0. The molecule has 0 saturated carbocycles. The smallest absolute Gasteiger partial charge is 0.407 e. The quantitative estimate of drug-likeness (QED) is 0.634. The molecule has 6 nitrogen and oxygen atoms in total. The van der Waals surface area contributed by atoms with E-state index in [2.05, 4.69) is 10.1 Å². The van der Waals surface area contributed by atoms with Crippen LogP contribution in [-0.4, -0.2) is 31.3 Å². The molecule has 0 saturated heterocycles. The van der Waals surface area contributed by atoms with Crippen molar-refractivity contribution in [1.82, 2.24) is 5.32 Å². The Labute approximate surface area is 75.1 Å². The molecule has 0 spiro atoms. The predicted molar refractivity (Wildman–Crippen MR) is 41.3 cm³/mol. The van der Waals surface area contributed by atoms with Crippen molar-refractivity contribution >= 4 is 6.09 Å². The summed E-state index contributed by atoms with van der Waals surface area (Å²) in [5.74, 6) is 0.729. The van der Waals surface area contributed by atoms with Gasteiger partial charge in [-0.25, -0.2) is 4.79 Å². The second kappa shape index (κ2) is 3.99. The standard InChI is InChI=1S/C7H11NO5/c1-4-5(13-7(10)12-4)3-11-6(9)8-2/h7,10H,3H2,1-2H3,(H,8,9). The first-order valence-electron chi connectivity index (χ1n) is 3.69. The van der Waals surface area contributed by atoms with Gasteiger partial charge in [0, 0.05) is 7.05 Å². The van der Waals surface area contributed by atoms with Crippen molar-refractivity contribution < 1.29 is 24.1 Å². The number of nitrogens with one attached hydrogen (secondary N) is 1. The molecule has 0 radical (unpaired) electrons. The number of amides is 1. The molecular formula is C7H11NO5. The zero-order valence-electron chi connectivity index (χ0n) is 7.36. The van der Waals surface area contributed by atoms with Crippen LogP contribution in [0.5, 0.6) is 0 Å². The molecule has 0 aliphatic carbocycles. The van der Waals surface area contributed by atoms with E-state index in [1.807, 2.05) is 0 Å². The molecule has 6 heteroatoms. The fraction of sp³-hybridized carbons (Fsp3) is 0.571. The van der Waals surface area contributed by atoms with Crippen molar-refractivity contribution in [2.45, 2.75) is 13.4 Å². The molecule has 1 heterocycles. The van der Waals surface area contributed by atoms with Crippen LogP contribution in [0.3, 0.4) is 0 Å². The van der Waals surface area contributed by atoms with Gasteiger partial charge in [-0.05, 0) is 6.92 Å². The highest BCUT2D eigenvalue weighted by Gasteiger charge is 2.22. The van der Waals surface area contributed by atoms with Gasteiger partial charge in [0.1, 0.15) is 5.76 Å². The highest BCUT2D eigenvalue weighted by Crippen LogP contribution is 2.19. The monoisotopic (exact) mass is 189 g/mol. The molecule has 1 aliphatic heterocycles. The van der Waals surface area contributed by atoms with Gasteiger partial charge in [-0.15, -0.1) is 0 Å². The second-order valence-electron chi connectivity index (χ2n) is 2.35. The summed E-state index contributed by atoms with van der Waals surface area (Å²) in [5.41, 5.74) is 0. The average Bonchev–Trinajstić information content (AvgIpc) is 2.41. The lowest BCUT2D eigenvalue weighted by Gasteiger charge is -2.05. The molecule has 1 rings (SSSR count). The van der Waals surface area contributed by atoms with Crippen molar-refractivity contribution in [1.29, 1.82) is 0 Å². The maximum absolute atomic E-state index is 10.6. The molecule has 0 aromatic carbocycles. The summed E-state index contributed by atoms with van der Waals surface area (Å²) in [7, 11) is 1.45. The molecule has 0 fully saturated rings. The highest BCUT2D eigenvalue weighted by molar-refractivity contribution is 5.66. The minimum atomic E-state index is -1.29. The number of allylic oxidation sites excluding steroid dienone is 1. The number of carbonyl (C=O) groups is 1. The van der Waals surface area contributed by atoms with E-state index < -0.39 is 12.6 Å². The molecule has 1 unspecified atom stereocenters. The van der Waals surface area contributed by atoms with E-state index in [0.717, 1.165) is 0 Å². The van der Waals surface area contributed by atoms with E-state index in [9.17, 15) is 4.79 Å². The molecule has 2 N–H and O–H groups in total. The zero-order valence-corrected chi connectivity index (χ0v) is 7.36. The SMILES string of the molecule is CNC(=O)OCC1=C(C)OC(O)O1. The van der Waals surface area contributed by atoms with Gasteiger partial charge in [-0.2, -0.15) is 0 Å². The molecular weight excluding hydrogens is 178 g/mol. The molecule has 74 valence electrons. The lowest BCUT2D eigenvalue weighted by Crippen LogP contribution is -2.20. The number of hydrogen-bond acceptors (Lipinski definition) is 5. The Bertz CT molecular complexity index is 237. The fourth-order valence-corrected chi connectivity index (χ4v) is 0.785. The van der Waals surface area contributed by atoms with Crippen LogP contribution in [0.4, 0.5) is 4.79 Å². The van der Waals surface area contributed by atoms with E-state index in [0.29, 0.717) is 11.5 Å². The average molecular weight is 189 g/mol. The van der Waals surface area contributed by atoms with E-state index in [-0.39, 0.29) is 6.61 Å². The van der Waals surface area contributed by atoms with Crippen molar-refractivity contribution in [3.05, 3.63) is 11.5 Å². The van der Waals surface area contributed by atoms with E-state index in [1.165, 1.54) is 7.05 Å². The molecule has 0 aromatic heterocycles. The number of alkyl carbamates (subject to hydrolysis) is 1. The summed E-state index contributed by atoms with van der Waals surface area (Å²) in [5, 5.41) is 11.1. The minimum Gasteiger partial charge on any atom is -0.441 e. The van der Waals surface area contributed by atoms with E-state index in [4.69, 9.17) is 14.6 Å². The Hall–Kier alpha value is -1.43. The summed E-state index contributed by atoms with van der Waals surface area (Å²) in [6.45, 7) is 0.268. The predicted octanol–water partition coefficient (Wildman–Crippen LogP) is -0.103. The zero-order chi connectivity index (χ0) is 9.84. The van der Waals surface area contributed by atoms with Crippen LogP contribution in [-0.2, 0) is 14.2 Å². The van der Waals surface area contributed by atoms with Gasteiger partial charge in [0.05, 0.1) is 0 Å². The second-order valence-corrected chi connectivity index (χ2v) is 2.35. The maximum Gasteiger partial charge on any atom is 0.407 e. The number of aliphatic hydroxyl groups excluding tert-OH is 1. The topological polar surface area (TPSA) is 77.0 Å². The molecule has 1 aliphatic rings. The van der Waals surface area contributed by atoms with Gasteiger partial charge in [-0.3, -0.25) is 0 Å². The highest BCUT2D eigenvalue weighted by atomic mass is 16.8. The lowest BCUT2D eigenvalue weighted by atomic mass is 10.4. The minimum absolute atomic E-state index is 0.0530. The molecule has 0 aromatic rings. The van der Waals surface area contributed by atoms with Gasteiger partial charge in [0.25, 0.3) is 0 Å². The van der Waals surface area contributed by atoms with Gasteiger partial charge in [0.2, 0.25) is 0 Å². The van der Waals surface area contributed by atoms with Crippen molar-refractivity contribution in [3.63, 3.8) is 0 Å². The van der Waals surface area contributed by atoms with E-state index >= 15 is 0 Å². The number of carbonyl (C=O) groups excluding carboxylic acids is 1. The van der Waals surface area contributed by atoms with Crippen LogP contribution in [0, 0.1) is 0 Å². The largest absolute Gasteiger partial charge is 0.441 e. The van der Waals surface area contributed by atoms with Crippen LogP contribution in [0.15, 0.2) is 11.5 Å². The van der Waals surface area contributed by atoms with Crippen LogP contribution < -0.4 is 5.32 Å². The molecule has 1 amide bonds. The van der Waals surface area contributed by atoms with Crippen LogP contribution in [0.1, 0.15) is 6.92 Å². The third-order valence-corrected chi connectivity index (χ3v) is 1.45. The third kappa shape index (κ3) is 2.51. The van der Waals surface area contributed by atoms with Gasteiger partial charge < -0.3 is 24.6 Å². The summed E-state index contributed by atoms with van der Waals surface area (Å²) in [4.78, 5) is 10.6. The van der Waals surface area contributed by atoms with Crippen molar-refractivity contribution in [2.75, 3.05) is 13.7 Å². The van der Waals surface area contributed by atoms with Gasteiger partial charge in [-0.1, -0.05) is 0 Å². The Morgan fingerprint density at radius 3 is 2.85 bits per heavy atom. The Balaban J connectivity index is 2.37.